The summed E-state index contributed by atoms with van der Waals surface area (Å²) in [7, 11) is 0. The maximum absolute atomic E-state index is 13.7. The van der Waals surface area contributed by atoms with E-state index >= 15 is 0 Å². The maximum Gasteiger partial charge on any atom is 0.416 e. The number of nitrogens with one attached hydrogen (secondary N) is 2. The molecule has 0 aliphatic carbocycles. The molecule has 41 heavy (non-hydrogen) atoms. The molecule has 0 fully saturated rings. The monoisotopic (exact) mass is 584 g/mol. The van der Waals surface area contributed by atoms with Gasteiger partial charge in [-0.25, -0.2) is 4.79 Å². The highest BCUT2D eigenvalue weighted by atomic mass is 35.5. The molecular weight excluding hydrogens is 553 g/mol. The molecular formula is C31H32ClF3N4O2. The second-order valence-corrected chi connectivity index (χ2v) is 10.6. The predicted octanol–water partition coefficient (Wildman–Crippen LogP) is 7.66. The Hall–Kier alpha value is -3.98. The Morgan fingerprint density at radius 1 is 1.02 bits per heavy atom. The molecule has 6 nitrogen and oxygen atoms in total. The van der Waals surface area contributed by atoms with Crippen molar-refractivity contribution in [1.29, 1.82) is 0 Å². The summed E-state index contributed by atoms with van der Waals surface area (Å²) in [6.45, 7) is 5.66. The molecule has 4 aromatic rings. The van der Waals surface area contributed by atoms with Crippen LogP contribution in [-0.2, 0) is 23.9 Å². The number of alkyl halides is 3. The van der Waals surface area contributed by atoms with Gasteiger partial charge in [0.15, 0.2) is 0 Å². The minimum absolute atomic E-state index is 0.0977. The molecule has 0 radical (unpaired) electrons. The van der Waals surface area contributed by atoms with Gasteiger partial charge in [-0.15, -0.1) is 0 Å². The van der Waals surface area contributed by atoms with E-state index in [0.717, 1.165) is 34.2 Å². The Labute approximate surface area is 242 Å². The van der Waals surface area contributed by atoms with Gasteiger partial charge in [-0.1, -0.05) is 48.0 Å². The van der Waals surface area contributed by atoms with Crippen molar-refractivity contribution >= 4 is 40.1 Å². The number of aromatic nitrogens is 1. The molecule has 216 valence electrons. The number of aromatic amines is 1. The molecule has 10 heteroatoms. The van der Waals surface area contributed by atoms with Crippen molar-refractivity contribution in [2.24, 2.45) is 0 Å². The first kappa shape index (κ1) is 30.0. The lowest BCUT2D eigenvalue weighted by atomic mass is 10.1. The van der Waals surface area contributed by atoms with Crippen molar-refractivity contribution in [2.45, 2.75) is 46.0 Å². The van der Waals surface area contributed by atoms with Crippen molar-refractivity contribution < 1.29 is 22.8 Å². The minimum Gasteiger partial charge on any atom is -0.361 e. The number of urea groups is 1. The molecule has 3 amide bonds. The maximum atomic E-state index is 13.7. The largest absolute Gasteiger partial charge is 0.416 e. The first-order valence-electron chi connectivity index (χ1n) is 13.2. The van der Waals surface area contributed by atoms with Crippen molar-refractivity contribution in [3.63, 3.8) is 0 Å². The Balaban J connectivity index is 1.53. The van der Waals surface area contributed by atoms with Crippen LogP contribution in [0.3, 0.4) is 0 Å². The number of carbonyl (C=O) groups is 2. The van der Waals surface area contributed by atoms with Gasteiger partial charge in [-0.3, -0.25) is 4.79 Å². The molecule has 1 heterocycles. The molecule has 0 aliphatic rings. The molecule has 0 saturated heterocycles. The Kier molecular flexibility index (Phi) is 9.28. The summed E-state index contributed by atoms with van der Waals surface area (Å²) in [5, 5.41) is 4.35. The average molecular weight is 585 g/mol. The molecule has 4 rings (SSSR count). The minimum atomic E-state index is -4.45. The predicted molar refractivity (Wildman–Crippen MR) is 156 cm³/mol. The summed E-state index contributed by atoms with van der Waals surface area (Å²) in [4.78, 5) is 33.1. The number of benzene rings is 3. The number of fused-ring (bicyclic) bond motifs is 1. The third kappa shape index (κ3) is 7.61. The van der Waals surface area contributed by atoms with E-state index in [0.29, 0.717) is 29.2 Å². The average Bonchev–Trinajstić information content (AvgIpc) is 3.34. The van der Waals surface area contributed by atoms with Gasteiger partial charge >= 0.3 is 12.2 Å². The number of anilines is 1. The number of H-pyrrole nitrogens is 1. The van der Waals surface area contributed by atoms with E-state index in [-0.39, 0.29) is 25.0 Å². The molecule has 0 saturated carbocycles. The first-order chi connectivity index (χ1) is 19.4. The van der Waals surface area contributed by atoms with Crippen LogP contribution in [0.5, 0.6) is 0 Å². The van der Waals surface area contributed by atoms with Gasteiger partial charge in [0.25, 0.3) is 0 Å². The van der Waals surface area contributed by atoms with E-state index in [1.807, 2.05) is 37.4 Å². The first-order valence-corrected chi connectivity index (χ1v) is 13.6. The Morgan fingerprint density at radius 3 is 2.39 bits per heavy atom. The number of hydrogen-bond donors (Lipinski definition) is 2. The highest BCUT2D eigenvalue weighted by Gasteiger charge is 2.30. The van der Waals surface area contributed by atoms with Crippen LogP contribution in [0.4, 0.5) is 23.7 Å². The third-order valence-electron chi connectivity index (χ3n) is 6.95. The van der Waals surface area contributed by atoms with Gasteiger partial charge < -0.3 is 20.1 Å². The van der Waals surface area contributed by atoms with E-state index in [1.54, 1.807) is 36.9 Å². The fourth-order valence-corrected chi connectivity index (χ4v) is 4.69. The lowest BCUT2D eigenvalue weighted by molar-refractivity contribution is -0.137. The van der Waals surface area contributed by atoms with Crippen molar-refractivity contribution in [3.8, 4) is 0 Å². The summed E-state index contributed by atoms with van der Waals surface area (Å²) in [6, 6.07) is 17.0. The third-order valence-corrected chi connectivity index (χ3v) is 7.35. The lowest BCUT2D eigenvalue weighted by Crippen LogP contribution is -2.47. The number of amides is 3. The summed E-state index contributed by atoms with van der Waals surface area (Å²) in [5.74, 6) is -0.324. The summed E-state index contributed by atoms with van der Waals surface area (Å²) in [5.41, 5.74) is 3.17. The molecule has 0 atom stereocenters. The van der Waals surface area contributed by atoms with Gasteiger partial charge in [-0.05, 0) is 74.2 Å². The number of nitrogens with zero attached hydrogens (tertiary/aromatic N) is 2. The molecule has 0 aliphatic heterocycles. The zero-order valence-corrected chi connectivity index (χ0v) is 23.8. The van der Waals surface area contributed by atoms with Crippen LogP contribution in [-0.4, -0.2) is 45.9 Å². The number of hydrogen-bond acceptors (Lipinski definition) is 2. The summed E-state index contributed by atoms with van der Waals surface area (Å²) >= 11 is 6.20. The molecule has 0 spiro atoms. The van der Waals surface area contributed by atoms with Crippen LogP contribution in [0.1, 0.15) is 36.1 Å². The van der Waals surface area contributed by atoms with Crippen LogP contribution in [0.15, 0.2) is 72.9 Å². The normalized spacial score (nSPS) is 11.6. The second kappa shape index (κ2) is 12.7. The van der Waals surface area contributed by atoms with Crippen LogP contribution < -0.4 is 5.32 Å². The van der Waals surface area contributed by atoms with E-state index in [9.17, 15) is 22.8 Å². The highest BCUT2D eigenvalue weighted by molar-refractivity contribution is 6.31. The van der Waals surface area contributed by atoms with Gasteiger partial charge in [0, 0.05) is 46.9 Å². The second-order valence-electron chi connectivity index (χ2n) is 10.2. The summed E-state index contributed by atoms with van der Waals surface area (Å²) in [6.07, 6.45) is -2.03. The standard InChI is InChI=1S/C31H32ClF3N4O2/c1-20(2)39(30(41)37-25-13-8-21(3)27(32)16-25)19-29(40)38(18-22-9-11-24(12-10-22)31(33,34)35)15-14-23-17-36-28-7-5-4-6-26(23)28/h4-13,16-17,20,36H,14-15,18-19H2,1-3H3,(H,37,41). The van der Waals surface area contributed by atoms with Crippen LogP contribution in [0.2, 0.25) is 5.02 Å². The highest BCUT2D eigenvalue weighted by Crippen LogP contribution is 2.29. The number of rotatable bonds is 9. The van der Waals surface area contributed by atoms with Crippen molar-refractivity contribution in [1.82, 2.24) is 14.8 Å². The summed E-state index contributed by atoms with van der Waals surface area (Å²) < 4.78 is 39.3. The van der Waals surface area contributed by atoms with Crippen molar-refractivity contribution in [3.05, 3.63) is 100 Å². The molecule has 0 bridgehead atoms. The molecule has 3 aromatic carbocycles. The lowest BCUT2D eigenvalue weighted by Gasteiger charge is -2.30. The van der Waals surface area contributed by atoms with Gasteiger partial charge in [0.1, 0.15) is 6.54 Å². The SMILES string of the molecule is Cc1ccc(NC(=O)N(CC(=O)N(CCc2c[nH]c3ccccc23)Cc2ccc(C(F)(F)F)cc2)C(C)C)cc1Cl. The smallest absolute Gasteiger partial charge is 0.361 e. The quantitative estimate of drug-likeness (QED) is 0.212. The molecule has 1 aromatic heterocycles. The van der Waals surface area contributed by atoms with Crippen LogP contribution >= 0.6 is 11.6 Å². The number of carbonyl (C=O) groups excluding carboxylic acids is 2. The Morgan fingerprint density at radius 2 is 1.73 bits per heavy atom. The Bertz CT molecular complexity index is 1520. The number of aryl methyl sites for hydroxylation is 1. The van der Waals surface area contributed by atoms with E-state index < -0.39 is 17.8 Å². The number of para-hydroxylation sites is 1. The fourth-order valence-electron chi connectivity index (χ4n) is 4.51. The molecule has 0 unspecified atom stereocenters. The van der Waals surface area contributed by atoms with Crippen molar-refractivity contribution in [2.75, 3.05) is 18.4 Å². The van der Waals surface area contributed by atoms with Gasteiger partial charge in [-0.2, -0.15) is 13.2 Å². The van der Waals surface area contributed by atoms with Crippen LogP contribution in [0.25, 0.3) is 10.9 Å². The van der Waals surface area contributed by atoms with Gasteiger partial charge in [0.05, 0.1) is 5.56 Å². The van der Waals surface area contributed by atoms with Gasteiger partial charge in [0.2, 0.25) is 5.91 Å². The number of halogens is 4. The zero-order chi connectivity index (χ0) is 29.7. The van der Waals surface area contributed by atoms with E-state index in [2.05, 4.69) is 10.3 Å². The van der Waals surface area contributed by atoms with Crippen LogP contribution in [0, 0.1) is 6.92 Å². The van der Waals surface area contributed by atoms with E-state index in [1.165, 1.54) is 17.0 Å². The zero-order valence-electron chi connectivity index (χ0n) is 23.1. The fraction of sp³-hybridized carbons (Fsp3) is 0.290. The molecule has 2 N–H and O–H groups in total. The van der Waals surface area contributed by atoms with E-state index in [4.69, 9.17) is 11.6 Å². The topological polar surface area (TPSA) is 68.4 Å².